The van der Waals surface area contributed by atoms with Crippen molar-refractivity contribution >= 4 is 5.69 Å². The number of anilines is 1. The van der Waals surface area contributed by atoms with Crippen LogP contribution in [0.2, 0.25) is 0 Å². The Morgan fingerprint density at radius 1 is 0.900 bits per heavy atom. The molecule has 0 spiro atoms. The molecule has 0 radical (unpaired) electrons. The Morgan fingerprint density at radius 2 is 1.50 bits per heavy atom. The lowest BCUT2D eigenvalue weighted by Gasteiger charge is -2.04. The lowest BCUT2D eigenvalue weighted by molar-refractivity contribution is 1.11. The van der Waals surface area contributed by atoms with Gasteiger partial charge >= 0.3 is 0 Å². The first-order valence-electron chi connectivity index (χ1n) is 7.04. The normalized spacial score (nSPS) is 9.80. The van der Waals surface area contributed by atoms with Crippen LogP contribution in [-0.4, -0.2) is 7.05 Å². The molecule has 0 aliphatic heterocycles. The van der Waals surface area contributed by atoms with Crippen LogP contribution in [0, 0.1) is 25.7 Å². The Labute approximate surface area is 122 Å². The first-order valence-corrected chi connectivity index (χ1v) is 7.04. The molecule has 2 rings (SSSR count). The molecular formula is C19H21N. The molecule has 0 atom stereocenters. The van der Waals surface area contributed by atoms with E-state index in [1.54, 1.807) is 0 Å². The summed E-state index contributed by atoms with van der Waals surface area (Å²) in [6, 6.07) is 12.7. The standard InChI is InChI=1S/C19H21N/c1-5-18-12-16(8-6-14(18)2)10-11-17-9-7-15(3)19(13-17)20-4/h6-9,12-13,20H,5H2,1-4H3. The van der Waals surface area contributed by atoms with Crippen LogP contribution in [-0.2, 0) is 6.42 Å². The third-order valence-electron chi connectivity index (χ3n) is 3.59. The summed E-state index contributed by atoms with van der Waals surface area (Å²) >= 11 is 0. The summed E-state index contributed by atoms with van der Waals surface area (Å²) in [6.07, 6.45) is 1.05. The molecule has 2 aromatic carbocycles. The van der Waals surface area contributed by atoms with Crippen LogP contribution in [0.5, 0.6) is 0 Å². The van der Waals surface area contributed by atoms with Gasteiger partial charge < -0.3 is 5.32 Å². The Kier molecular flexibility index (Phi) is 4.48. The van der Waals surface area contributed by atoms with E-state index in [1.807, 2.05) is 7.05 Å². The minimum Gasteiger partial charge on any atom is -0.388 e. The molecule has 0 bridgehead atoms. The van der Waals surface area contributed by atoms with Crippen molar-refractivity contribution < 1.29 is 0 Å². The van der Waals surface area contributed by atoms with Crippen LogP contribution < -0.4 is 5.32 Å². The van der Waals surface area contributed by atoms with Crippen LogP contribution in [0.1, 0.15) is 34.7 Å². The number of nitrogens with one attached hydrogen (secondary N) is 1. The molecule has 102 valence electrons. The zero-order valence-electron chi connectivity index (χ0n) is 12.7. The van der Waals surface area contributed by atoms with E-state index in [1.165, 1.54) is 16.7 Å². The maximum absolute atomic E-state index is 3.26. The minimum absolute atomic E-state index is 1.04. The Morgan fingerprint density at radius 3 is 2.10 bits per heavy atom. The smallest absolute Gasteiger partial charge is 0.0379 e. The second-order valence-electron chi connectivity index (χ2n) is 5.02. The summed E-state index contributed by atoms with van der Waals surface area (Å²) < 4.78 is 0. The number of aryl methyl sites for hydroxylation is 3. The van der Waals surface area contributed by atoms with Gasteiger partial charge in [-0.2, -0.15) is 0 Å². The Hall–Kier alpha value is -2.20. The molecule has 2 aromatic rings. The van der Waals surface area contributed by atoms with Crippen molar-refractivity contribution in [2.75, 3.05) is 12.4 Å². The molecule has 0 aliphatic rings. The summed E-state index contributed by atoms with van der Waals surface area (Å²) in [7, 11) is 1.94. The summed E-state index contributed by atoms with van der Waals surface area (Å²) in [6.45, 7) is 6.42. The second-order valence-corrected chi connectivity index (χ2v) is 5.02. The highest BCUT2D eigenvalue weighted by atomic mass is 14.8. The van der Waals surface area contributed by atoms with Crippen LogP contribution in [0.25, 0.3) is 0 Å². The largest absolute Gasteiger partial charge is 0.388 e. The van der Waals surface area contributed by atoms with Gasteiger partial charge in [-0.3, -0.25) is 0 Å². The van der Waals surface area contributed by atoms with E-state index in [0.717, 1.165) is 23.2 Å². The molecule has 0 saturated heterocycles. The number of rotatable bonds is 2. The van der Waals surface area contributed by atoms with E-state index >= 15 is 0 Å². The third kappa shape index (κ3) is 3.22. The summed E-state index contributed by atoms with van der Waals surface area (Å²) in [5.74, 6) is 6.50. The maximum atomic E-state index is 3.26. The fourth-order valence-corrected chi connectivity index (χ4v) is 2.24. The van der Waals surface area contributed by atoms with Crippen molar-refractivity contribution in [3.05, 3.63) is 64.2 Å². The maximum Gasteiger partial charge on any atom is 0.0379 e. The number of hydrogen-bond acceptors (Lipinski definition) is 1. The van der Waals surface area contributed by atoms with Crippen molar-refractivity contribution in [3.63, 3.8) is 0 Å². The quantitative estimate of drug-likeness (QED) is 0.796. The molecule has 0 fully saturated rings. The zero-order valence-corrected chi connectivity index (χ0v) is 12.7. The fraction of sp³-hybridized carbons (Fsp3) is 0.263. The molecule has 1 heteroatoms. The second kappa shape index (κ2) is 6.30. The molecule has 0 saturated carbocycles. The Balaban J connectivity index is 2.31. The third-order valence-corrected chi connectivity index (χ3v) is 3.59. The van der Waals surface area contributed by atoms with Crippen molar-refractivity contribution in [1.82, 2.24) is 0 Å². The average molecular weight is 263 g/mol. The lowest BCUT2D eigenvalue weighted by Crippen LogP contribution is -1.92. The van der Waals surface area contributed by atoms with Crippen LogP contribution in [0.15, 0.2) is 36.4 Å². The van der Waals surface area contributed by atoms with E-state index in [4.69, 9.17) is 0 Å². The number of benzene rings is 2. The van der Waals surface area contributed by atoms with Crippen LogP contribution in [0.3, 0.4) is 0 Å². The summed E-state index contributed by atoms with van der Waals surface area (Å²) in [5, 5.41) is 3.19. The van der Waals surface area contributed by atoms with Gasteiger partial charge in [-0.05, 0) is 61.2 Å². The van der Waals surface area contributed by atoms with E-state index in [0.29, 0.717) is 0 Å². The molecule has 0 amide bonds. The number of hydrogen-bond donors (Lipinski definition) is 1. The van der Waals surface area contributed by atoms with Crippen molar-refractivity contribution in [2.45, 2.75) is 27.2 Å². The van der Waals surface area contributed by atoms with E-state index in [2.05, 4.69) is 74.3 Å². The molecule has 0 aliphatic carbocycles. The molecule has 0 heterocycles. The van der Waals surface area contributed by atoms with E-state index in [-0.39, 0.29) is 0 Å². The van der Waals surface area contributed by atoms with Crippen molar-refractivity contribution in [3.8, 4) is 11.8 Å². The van der Waals surface area contributed by atoms with Gasteiger partial charge in [0.15, 0.2) is 0 Å². The van der Waals surface area contributed by atoms with Crippen LogP contribution in [0.4, 0.5) is 5.69 Å². The van der Waals surface area contributed by atoms with Gasteiger partial charge in [0.05, 0.1) is 0 Å². The van der Waals surface area contributed by atoms with Gasteiger partial charge in [0, 0.05) is 23.9 Å². The van der Waals surface area contributed by atoms with E-state index < -0.39 is 0 Å². The van der Waals surface area contributed by atoms with Gasteiger partial charge in [0.25, 0.3) is 0 Å². The zero-order chi connectivity index (χ0) is 14.5. The lowest BCUT2D eigenvalue weighted by atomic mass is 10.0. The first kappa shape index (κ1) is 14.2. The predicted molar refractivity (Wildman–Crippen MR) is 87.3 cm³/mol. The van der Waals surface area contributed by atoms with Gasteiger partial charge in [0.1, 0.15) is 0 Å². The summed E-state index contributed by atoms with van der Waals surface area (Å²) in [5.41, 5.74) is 7.21. The molecule has 20 heavy (non-hydrogen) atoms. The van der Waals surface area contributed by atoms with Crippen molar-refractivity contribution in [2.24, 2.45) is 0 Å². The molecular weight excluding hydrogens is 242 g/mol. The topological polar surface area (TPSA) is 12.0 Å². The average Bonchev–Trinajstić information content (AvgIpc) is 2.47. The predicted octanol–water partition coefficient (Wildman–Crippen LogP) is 4.31. The van der Waals surface area contributed by atoms with Crippen LogP contribution >= 0.6 is 0 Å². The van der Waals surface area contributed by atoms with Crippen molar-refractivity contribution in [1.29, 1.82) is 0 Å². The summed E-state index contributed by atoms with van der Waals surface area (Å²) in [4.78, 5) is 0. The molecule has 1 nitrogen and oxygen atoms in total. The van der Waals surface area contributed by atoms with Gasteiger partial charge in [-0.15, -0.1) is 0 Å². The monoisotopic (exact) mass is 263 g/mol. The fourth-order valence-electron chi connectivity index (χ4n) is 2.24. The molecule has 0 aromatic heterocycles. The van der Waals surface area contributed by atoms with Gasteiger partial charge in [-0.25, -0.2) is 0 Å². The van der Waals surface area contributed by atoms with Gasteiger partial charge in [-0.1, -0.05) is 30.9 Å². The Bertz CT molecular complexity index is 614. The first-order chi connectivity index (χ1) is 9.63. The SMILES string of the molecule is CCc1cc(C#Cc2ccc(C)c(NC)c2)ccc1C. The highest BCUT2D eigenvalue weighted by Crippen LogP contribution is 2.16. The van der Waals surface area contributed by atoms with E-state index in [9.17, 15) is 0 Å². The molecule has 0 unspecified atom stereocenters. The highest BCUT2D eigenvalue weighted by Gasteiger charge is 1.98. The minimum atomic E-state index is 1.04. The highest BCUT2D eigenvalue weighted by molar-refractivity contribution is 5.56. The van der Waals surface area contributed by atoms with Gasteiger partial charge in [0.2, 0.25) is 0 Å². The molecule has 1 N–H and O–H groups in total.